The lowest BCUT2D eigenvalue weighted by atomic mass is 10.0. The van der Waals surface area contributed by atoms with Crippen LogP contribution in [0.3, 0.4) is 0 Å². The predicted octanol–water partition coefficient (Wildman–Crippen LogP) is 4.49. The van der Waals surface area contributed by atoms with Crippen molar-refractivity contribution in [2.75, 3.05) is 13.2 Å². The van der Waals surface area contributed by atoms with E-state index in [0.717, 1.165) is 29.2 Å². The molecule has 1 amide bonds. The van der Waals surface area contributed by atoms with Crippen molar-refractivity contribution in [1.29, 1.82) is 10.5 Å². The first kappa shape index (κ1) is 22.1. The molecule has 1 aliphatic heterocycles. The number of fused-ring (bicyclic) bond motifs is 1. The van der Waals surface area contributed by atoms with Gasteiger partial charge in [-0.25, -0.2) is 0 Å². The smallest absolute Gasteiger partial charge is 0.262 e. The van der Waals surface area contributed by atoms with Crippen LogP contribution >= 0.6 is 0 Å². The third kappa shape index (κ3) is 5.20. The summed E-state index contributed by atoms with van der Waals surface area (Å²) >= 11 is 0. The van der Waals surface area contributed by atoms with Crippen LogP contribution in [0.25, 0.3) is 16.8 Å². The third-order valence-electron chi connectivity index (χ3n) is 5.62. The number of benzene rings is 3. The van der Waals surface area contributed by atoms with E-state index in [1.807, 2.05) is 54.6 Å². The van der Waals surface area contributed by atoms with E-state index in [1.54, 1.807) is 18.2 Å². The van der Waals surface area contributed by atoms with E-state index in [-0.39, 0.29) is 18.3 Å². The monoisotopic (exact) mass is 437 g/mol. The molecule has 0 saturated carbocycles. The standard InChI is InChI=1S/C27H23N3O3/c28-15-20-7-1-2-8-21(20)18-33-26-12-11-19-6-3-4-10-24(19)25(26)14-22(16-29)27(31)30-17-23-9-5-13-32-23/h1-4,6-8,10-12,14,23H,5,9,13,17-18H2,(H,30,31)/b22-14+/t23-/m0/s1. The van der Waals surface area contributed by atoms with Crippen molar-refractivity contribution < 1.29 is 14.3 Å². The Morgan fingerprint density at radius 2 is 1.94 bits per heavy atom. The van der Waals surface area contributed by atoms with Crippen molar-refractivity contribution in [3.05, 3.63) is 82.9 Å². The lowest BCUT2D eigenvalue weighted by Gasteiger charge is -2.14. The molecular weight excluding hydrogens is 414 g/mol. The molecule has 0 radical (unpaired) electrons. The third-order valence-corrected chi connectivity index (χ3v) is 5.62. The Morgan fingerprint density at radius 3 is 2.73 bits per heavy atom. The molecule has 6 nitrogen and oxygen atoms in total. The van der Waals surface area contributed by atoms with Crippen molar-refractivity contribution in [2.24, 2.45) is 0 Å². The number of hydrogen-bond donors (Lipinski definition) is 1. The maximum absolute atomic E-state index is 12.7. The fraction of sp³-hybridized carbons (Fsp3) is 0.222. The van der Waals surface area contributed by atoms with E-state index in [4.69, 9.17) is 9.47 Å². The van der Waals surface area contributed by atoms with Crippen molar-refractivity contribution in [3.63, 3.8) is 0 Å². The van der Waals surface area contributed by atoms with Gasteiger partial charge in [-0.15, -0.1) is 0 Å². The fourth-order valence-electron chi connectivity index (χ4n) is 3.86. The van der Waals surface area contributed by atoms with E-state index in [1.165, 1.54) is 0 Å². The van der Waals surface area contributed by atoms with E-state index < -0.39 is 5.91 Å². The van der Waals surface area contributed by atoms with Crippen LogP contribution in [0, 0.1) is 22.7 Å². The molecule has 4 rings (SSSR count). The molecule has 0 spiro atoms. The predicted molar refractivity (Wildman–Crippen MR) is 125 cm³/mol. The summed E-state index contributed by atoms with van der Waals surface area (Å²) in [6.45, 7) is 1.27. The van der Waals surface area contributed by atoms with Gasteiger partial charge in [-0.3, -0.25) is 4.79 Å². The van der Waals surface area contributed by atoms with Gasteiger partial charge >= 0.3 is 0 Å². The number of rotatable bonds is 7. The van der Waals surface area contributed by atoms with Gasteiger partial charge < -0.3 is 14.8 Å². The normalized spacial score (nSPS) is 15.6. The number of carbonyl (C=O) groups excluding carboxylic acids is 1. The second-order valence-electron chi connectivity index (χ2n) is 7.77. The summed E-state index contributed by atoms with van der Waals surface area (Å²) in [5.74, 6) is 0.0860. The minimum Gasteiger partial charge on any atom is -0.488 e. The number of nitrogens with one attached hydrogen (secondary N) is 1. The zero-order valence-electron chi connectivity index (χ0n) is 18.1. The molecule has 1 heterocycles. The van der Waals surface area contributed by atoms with Crippen molar-refractivity contribution in [1.82, 2.24) is 5.32 Å². The van der Waals surface area contributed by atoms with Crippen LogP contribution in [0.4, 0.5) is 0 Å². The fourth-order valence-corrected chi connectivity index (χ4v) is 3.86. The zero-order chi connectivity index (χ0) is 23.0. The van der Waals surface area contributed by atoms with Crippen LogP contribution in [-0.4, -0.2) is 25.2 Å². The molecule has 0 bridgehead atoms. The Bertz CT molecular complexity index is 1280. The quantitative estimate of drug-likeness (QED) is 0.434. The molecule has 1 fully saturated rings. The highest BCUT2D eigenvalue weighted by Gasteiger charge is 2.18. The summed E-state index contributed by atoms with van der Waals surface area (Å²) in [4.78, 5) is 12.7. The first-order valence-electron chi connectivity index (χ1n) is 10.8. The molecule has 6 heteroatoms. The largest absolute Gasteiger partial charge is 0.488 e. The molecule has 3 aromatic rings. The summed E-state index contributed by atoms with van der Waals surface area (Å²) in [7, 11) is 0. The van der Waals surface area contributed by atoms with Gasteiger partial charge in [-0.1, -0.05) is 48.5 Å². The number of carbonyl (C=O) groups is 1. The maximum Gasteiger partial charge on any atom is 0.262 e. The van der Waals surface area contributed by atoms with Gasteiger partial charge in [0.1, 0.15) is 24.0 Å². The van der Waals surface area contributed by atoms with Crippen molar-refractivity contribution in [2.45, 2.75) is 25.6 Å². The molecular formula is C27H23N3O3. The number of ether oxygens (including phenoxy) is 2. The van der Waals surface area contributed by atoms with Gasteiger partial charge in [0.05, 0.1) is 17.7 Å². The zero-order valence-corrected chi connectivity index (χ0v) is 18.1. The van der Waals surface area contributed by atoms with Gasteiger partial charge in [-0.05, 0) is 41.8 Å². The second-order valence-corrected chi connectivity index (χ2v) is 7.77. The van der Waals surface area contributed by atoms with Crippen LogP contribution < -0.4 is 10.1 Å². The molecule has 33 heavy (non-hydrogen) atoms. The van der Waals surface area contributed by atoms with Crippen LogP contribution in [0.1, 0.15) is 29.5 Å². The molecule has 0 aromatic heterocycles. The Labute approximate surface area is 192 Å². The van der Waals surface area contributed by atoms with Crippen LogP contribution in [0.5, 0.6) is 5.75 Å². The molecule has 1 atom stereocenters. The average molecular weight is 437 g/mol. The van der Waals surface area contributed by atoms with Gasteiger partial charge in [0.2, 0.25) is 0 Å². The number of nitriles is 2. The summed E-state index contributed by atoms with van der Waals surface area (Å²) in [5, 5.41) is 23.7. The molecule has 0 unspecified atom stereocenters. The van der Waals surface area contributed by atoms with E-state index in [2.05, 4.69) is 11.4 Å². The lowest BCUT2D eigenvalue weighted by molar-refractivity contribution is -0.117. The Hall–Kier alpha value is -4.13. The molecule has 1 saturated heterocycles. The number of hydrogen-bond acceptors (Lipinski definition) is 5. The number of nitrogens with zero attached hydrogens (tertiary/aromatic N) is 2. The van der Waals surface area contributed by atoms with Crippen LogP contribution in [-0.2, 0) is 16.1 Å². The SMILES string of the molecule is N#C/C(=C\c1c(OCc2ccccc2C#N)ccc2ccccc12)C(=O)NC[C@@H]1CCCO1. The highest BCUT2D eigenvalue weighted by molar-refractivity contribution is 6.05. The Balaban J connectivity index is 1.64. The average Bonchev–Trinajstić information content (AvgIpc) is 3.38. The topological polar surface area (TPSA) is 95.1 Å². The van der Waals surface area contributed by atoms with E-state index >= 15 is 0 Å². The molecule has 1 N–H and O–H groups in total. The van der Waals surface area contributed by atoms with Gasteiger partial charge in [-0.2, -0.15) is 10.5 Å². The minimum atomic E-state index is -0.443. The highest BCUT2D eigenvalue weighted by Crippen LogP contribution is 2.31. The Kier molecular flexibility index (Phi) is 6.99. The van der Waals surface area contributed by atoms with Crippen LogP contribution in [0.15, 0.2) is 66.2 Å². The molecule has 164 valence electrons. The molecule has 1 aliphatic rings. The van der Waals surface area contributed by atoms with Gasteiger partial charge in [0.15, 0.2) is 0 Å². The molecule has 0 aliphatic carbocycles. The summed E-state index contributed by atoms with van der Waals surface area (Å²) in [6.07, 6.45) is 3.44. The molecule has 3 aromatic carbocycles. The van der Waals surface area contributed by atoms with Crippen molar-refractivity contribution in [3.8, 4) is 17.9 Å². The second kappa shape index (κ2) is 10.5. The summed E-state index contributed by atoms with van der Waals surface area (Å²) in [5.41, 5.74) is 1.94. The first-order chi connectivity index (χ1) is 16.2. The van der Waals surface area contributed by atoms with Crippen LogP contribution in [0.2, 0.25) is 0 Å². The van der Waals surface area contributed by atoms with Gasteiger partial charge in [0, 0.05) is 24.3 Å². The van der Waals surface area contributed by atoms with E-state index in [9.17, 15) is 15.3 Å². The minimum absolute atomic E-state index is 0.00775. The summed E-state index contributed by atoms with van der Waals surface area (Å²) in [6, 6.07) is 22.9. The first-order valence-corrected chi connectivity index (χ1v) is 10.8. The Morgan fingerprint density at radius 1 is 1.12 bits per heavy atom. The number of amides is 1. The van der Waals surface area contributed by atoms with E-state index in [0.29, 0.717) is 30.0 Å². The maximum atomic E-state index is 12.7. The van der Waals surface area contributed by atoms with Gasteiger partial charge in [0.25, 0.3) is 5.91 Å². The lowest BCUT2D eigenvalue weighted by Crippen LogP contribution is -2.32. The summed E-state index contributed by atoms with van der Waals surface area (Å²) < 4.78 is 11.6. The highest BCUT2D eigenvalue weighted by atomic mass is 16.5. The van der Waals surface area contributed by atoms with Crippen molar-refractivity contribution >= 4 is 22.8 Å².